The number of halogens is 1. The van der Waals surface area contributed by atoms with Crippen LogP contribution >= 0.6 is 22.9 Å². The zero-order valence-corrected chi connectivity index (χ0v) is 13.3. The number of nitrogens with one attached hydrogen (secondary N) is 1. The summed E-state index contributed by atoms with van der Waals surface area (Å²) < 4.78 is 0. The van der Waals surface area contributed by atoms with Crippen molar-refractivity contribution in [1.82, 2.24) is 15.0 Å². The molecule has 4 rings (SSSR count). The Balaban J connectivity index is 1.62. The van der Waals surface area contributed by atoms with E-state index in [9.17, 15) is 0 Å². The minimum absolute atomic E-state index is 0.334. The molecular weight excluding hydrogens is 318 g/mol. The summed E-state index contributed by atoms with van der Waals surface area (Å²) in [6.07, 6.45) is 4.48. The first-order chi connectivity index (χ1) is 10.7. The van der Waals surface area contributed by atoms with Gasteiger partial charge >= 0.3 is 0 Å². The Morgan fingerprint density at radius 3 is 3.14 bits per heavy atom. The summed E-state index contributed by atoms with van der Waals surface area (Å²) in [6, 6.07) is 6.01. The van der Waals surface area contributed by atoms with Gasteiger partial charge in [0.15, 0.2) is 5.13 Å². The molecule has 0 spiro atoms. The first kappa shape index (κ1) is 13.7. The van der Waals surface area contributed by atoms with Gasteiger partial charge in [-0.15, -0.1) is 11.3 Å². The fourth-order valence-electron chi connectivity index (χ4n) is 2.86. The van der Waals surface area contributed by atoms with E-state index in [4.69, 9.17) is 17.3 Å². The highest BCUT2D eigenvalue weighted by atomic mass is 35.5. The minimum atomic E-state index is 0.334. The summed E-state index contributed by atoms with van der Waals surface area (Å²) in [6.45, 7) is 0. The summed E-state index contributed by atoms with van der Waals surface area (Å²) >= 11 is 7.61. The normalized spacial score (nSPS) is 17.4. The number of anilines is 2. The molecule has 2 heterocycles. The second-order valence-corrected chi connectivity index (χ2v) is 6.94. The monoisotopic (exact) mass is 331 g/mol. The Labute approximate surface area is 136 Å². The molecule has 3 N–H and O–H groups in total. The zero-order chi connectivity index (χ0) is 15.1. The molecule has 0 saturated heterocycles. The van der Waals surface area contributed by atoms with Crippen LogP contribution in [0.2, 0.25) is 5.02 Å². The van der Waals surface area contributed by atoms with Crippen molar-refractivity contribution in [2.45, 2.75) is 25.3 Å². The van der Waals surface area contributed by atoms with Crippen LogP contribution in [0.5, 0.6) is 0 Å². The van der Waals surface area contributed by atoms with Crippen molar-refractivity contribution in [2.75, 3.05) is 11.1 Å². The second-order valence-electron chi connectivity index (χ2n) is 5.39. The molecule has 22 heavy (non-hydrogen) atoms. The molecular formula is C15H14ClN5S. The van der Waals surface area contributed by atoms with E-state index in [-0.39, 0.29) is 0 Å². The number of aryl methyl sites for hydroxylation is 1. The van der Waals surface area contributed by atoms with E-state index < -0.39 is 0 Å². The van der Waals surface area contributed by atoms with Crippen LogP contribution < -0.4 is 11.1 Å². The fraction of sp³-hybridized carbons (Fsp3) is 0.267. The van der Waals surface area contributed by atoms with Crippen molar-refractivity contribution in [3.63, 3.8) is 0 Å². The summed E-state index contributed by atoms with van der Waals surface area (Å²) in [7, 11) is 0. The highest BCUT2D eigenvalue weighted by molar-refractivity contribution is 7.15. The van der Waals surface area contributed by atoms with Gasteiger partial charge < -0.3 is 11.1 Å². The Hall–Kier alpha value is -1.92. The number of nitrogens with two attached hydrogens (primary N) is 1. The van der Waals surface area contributed by atoms with Gasteiger partial charge in [0.1, 0.15) is 12.1 Å². The van der Waals surface area contributed by atoms with Crippen molar-refractivity contribution < 1.29 is 0 Å². The van der Waals surface area contributed by atoms with E-state index in [2.05, 4.69) is 20.3 Å². The highest BCUT2D eigenvalue weighted by Crippen LogP contribution is 2.30. The largest absolute Gasteiger partial charge is 0.375 e. The summed E-state index contributed by atoms with van der Waals surface area (Å²) in [4.78, 5) is 14.3. The lowest BCUT2D eigenvalue weighted by Gasteiger charge is -2.23. The molecule has 0 fully saturated rings. The molecule has 1 aliphatic rings. The minimum Gasteiger partial charge on any atom is -0.375 e. The molecule has 5 nitrogen and oxygen atoms in total. The smallest absolute Gasteiger partial charge is 0.180 e. The summed E-state index contributed by atoms with van der Waals surface area (Å²) in [5.74, 6) is 0.854. The topological polar surface area (TPSA) is 76.7 Å². The van der Waals surface area contributed by atoms with Gasteiger partial charge in [-0.05, 0) is 31.0 Å². The van der Waals surface area contributed by atoms with Crippen molar-refractivity contribution in [1.29, 1.82) is 0 Å². The maximum Gasteiger partial charge on any atom is 0.180 e. The van der Waals surface area contributed by atoms with Crippen LogP contribution in [0.1, 0.15) is 17.0 Å². The lowest BCUT2D eigenvalue weighted by atomic mass is 9.97. The van der Waals surface area contributed by atoms with Crippen LogP contribution in [0.3, 0.4) is 0 Å². The predicted octanol–water partition coefficient (Wildman–Crippen LogP) is 3.29. The fourth-order valence-corrected chi connectivity index (χ4v) is 3.98. The van der Waals surface area contributed by atoms with Gasteiger partial charge in [0.05, 0.1) is 11.2 Å². The molecule has 0 aliphatic heterocycles. The molecule has 112 valence electrons. The van der Waals surface area contributed by atoms with E-state index in [1.54, 1.807) is 17.7 Å². The van der Waals surface area contributed by atoms with Gasteiger partial charge in [-0.25, -0.2) is 15.0 Å². The van der Waals surface area contributed by atoms with Crippen molar-refractivity contribution in [2.24, 2.45) is 0 Å². The van der Waals surface area contributed by atoms with Gasteiger partial charge in [-0.3, -0.25) is 0 Å². The average molecular weight is 332 g/mol. The maximum atomic E-state index is 6.02. The van der Waals surface area contributed by atoms with Gasteiger partial charge in [0.25, 0.3) is 0 Å². The summed E-state index contributed by atoms with van der Waals surface area (Å²) in [5.41, 5.74) is 7.80. The first-order valence-corrected chi connectivity index (χ1v) is 8.29. The number of rotatable bonds is 2. The van der Waals surface area contributed by atoms with Crippen LogP contribution in [-0.4, -0.2) is 21.0 Å². The molecule has 0 radical (unpaired) electrons. The molecule has 0 amide bonds. The molecule has 1 unspecified atom stereocenters. The first-order valence-electron chi connectivity index (χ1n) is 7.10. The van der Waals surface area contributed by atoms with Crippen LogP contribution in [0, 0.1) is 0 Å². The molecule has 2 aromatic heterocycles. The lowest BCUT2D eigenvalue weighted by molar-refractivity contribution is 0.608. The predicted molar refractivity (Wildman–Crippen MR) is 90.5 cm³/mol. The van der Waals surface area contributed by atoms with E-state index in [0.717, 1.165) is 41.7 Å². The Morgan fingerprint density at radius 2 is 2.23 bits per heavy atom. The third-order valence-electron chi connectivity index (χ3n) is 3.90. The lowest BCUT2D eigenvalue weighted by Crippen LogP contribution is -2.27. The number of hydrogen-bond acceptors (Lipinski definition) is 6. The molecule has 1 aromatic carbocycles. The Bertz CT molecular complexity index is 847. The zero-order valence-electron chi connectivity index (χ0n) is 11.7. The van der Waals surface area contributed by atoms with Gasteiger partial charge in [0.2, 0.25) is 0 Å². The van der Waals surface area contributed by atoms with E-state index in [1.165, 1.54) is 4.88 Å². The number of fused-ring (bicyclic) bond motifs is 2. The molecule has 0 saturated carbocycles. The SMILES string of the molecule is Nc1nc2c(s1)CC(Nc1ncnc3cc(Cl)ccc13)CC2. The van der Waals surface area contributed by atoms with Crippen LogP contribution in [-0.2, 0) is 12.8 Å². The number of aromatic nitrogens is 3. The quantitative estimate of drug-likeness (QED) is 0.753. The third kappa shape index (κ3) is 2.48. The molecule has 1 atom stereocenters. The summed E-state index contributed by atoms with van der Waals surface area (Å²) in [5, 5.41) is 5.87. The maximum absolute atomic E-state index is 6.02. The van der Waals surface area contributed by atoms with Crippen molar-refractivity contribution >= 4 is 44.8 Å². The van der Waals surface area contributed by atoms with Crippen LogP contribution in [0.25, 0.3) is 10.9 Å². The molecule has 1 aliphatic carbocycles. The average Bonchev–Trinajstić information content (AvgIpc) is 2.86. The van der Waals surface area contributed by atoms with E-state index in [0.29, 0.717) is 16.2 Å². The molecule has 0 bridgehead atoms. The number of benzene rings is 1. The highest BCUT2D eigenvalue weighted by Gasteiger charge is 2.22. The molecule has 3 aromatic rings. The Morgan fingerprint density at radius 1 is 1.32 bits per heavy atom. The number of nitrogens with zero attached hydrogens (tertiary/aromatic N) is 3. The number of hydrogen-bond donors (Lipinski definition) is 2. The third-order valence-corrected chi connectivity index (χ3v) is 5.08. The second kappa shape index (κ2) is 5.37. The van der Waals surface area contributed by atoms with E-state index in [1.807, 2.05) is 18.2 Å². The molecule has 7 heteroatoms. The van der Waals surface area contributed by atoms with Crippen LogP contribution in [0.15, 0.2) is 24.5 Å². The number of thiazole rings is 1. The number of nitrogen functional groups attached to an aromatic ring is 1. The van der Waals surface area contributed by atoms with Gasteiger partial charge in [-0.2, -0.15) is 0 Å². The van der Waals surface area contributed by atoms with Crippen molar-refractivity contribution in [3.8, 4) is 0 Å². The van der Waals surface area contributed by atoms with E-state index >= 15 is 0 Å². The standard InChI is InChI=1S/C15H14ClN5S/c16-8-1-3-10-12(5-8)18-7-19-14(10)20-9-2-4-11-13(6-9)22-15(17)21-11/h1,3,5,7,9H,2,4,6H2,(H2,17,21)(H,18,19,20). The Kier molecular flexibility index (Phi) is 3.35. The van der Waals surface area contributed by atoms with Crippen LogP contribution in [0.4, 0.5) is 10.9 Å². The van der Waals surface area contributed by atoms with Gasteiger partial charge in [-0.1, -0.05) is 11.6 Å². The van der Waals surface area contributed by atoms with Crippen molar-refractivity contribution in [3.05, 3.63) is 40.1 Å². The van der Waals surface area contributed by atoms with Gasteiger partial charge in [0, 0.05) is 27.7 Å².